The molecule has 1 aromatic carbocycles. The van der Waals surface area contributed by atoms with Crippen molar-refractivity contribution in [3.63, 3.8) is 0 Å². The zero-order valence-corrected chi connectivity index (χ0v) is 14.3. The first-order chi connectivity index (χ1) is 10.4. The van der Waals surface area contributed by atoms with E-state index in [9.17, 15) is 0 Å². The van der Waals surface area contributed by atoms with Crippen molar-refractivity contribution in [1.82, 2.24) is 4.57 Å². The van der Waals surface area contributed by atoms with Crippen LogP contribution in [-0.4, -0.2) is 22.9 Å². The zero-order valence-electron chi connectivity index (χ0n) is 14.3. The Morgan fingerprint density at radius 3 is 2.36 bits per heavy atom. The van der Waals surface area contributed by atoms with Crippen molar-refractivity contribution < 1.29 is 9.31 Å². The van der Waals surface area contributed by atoms with Crippen molar-refractivity contribution in [2.75, 3.05) is 0 Å². The lowest BCUT2D eigenvalue weighted by molar-refractivity contribution is 0.00578. The van der Waals surface area contributed by atoms with Crippen LogP contribution >= 0.6 is 0 Å². The predicted octanol–water partition coefficient (Wildman–Crippen LogP) is 3.74. The fraction of sp³-hybridized carbons (Fsp3) is 0.556. The molecule has 1 aliphatic heterocycles. The second-order valence-corrected chi connectivity index (χ2v) is 7.23. The van der Waals surface area contributed by atoms with E-state index in [-0.39, 0.29) is 18.3 Å². The third-order valence-corrected chi connectivity index (χ3v) is 5.11. The minimum Gasteiger partial charge on any atom is -0.399 e. The van der Waals surface area contributed by atoms with Crippen LogP contribution in [0.1, 0.15) is 47.5 Å². The monoisotopic (exact) mass is 299 g/mol. The molecule has 0 N–H and O–H groups in total. The first kappa shape index (κ1) is 15.6. The summed E-state index contributed by atoms with van der Waals surface area (Å²) in [6.07, 6.45) is 4.58. The molecule has 3 nitrogen and oxygen atoms in total. The largest absolute Gasteiger partial charge is 0.495 e. The molecule has 0 atom stereocenters. The molecule has 1 aromatic heterocycles. The van der Waals surface area contributed by atoms with Gasteiger partial charge in [-0.25, -0.2) is 0 Å². The fourth-order valence-corrected chi connectivity index (χ4v) is 2.95. The molecule has 22 heavy (non-hydrogen) atoms. The van der Waals surface area contributed by atoms with Crippen molar-refractivity contribution >= 4 is 23.5 Å². The first-order valence-corrected chi connectivity index (χ1v) is 8.29. The third-order valence-electron chi connectivity index (χ3n) is 5.11. The minimum absolute atomic E-state index is 0.296. The van der Waals surface area contributed by atoms with Gasteiger partial charge < -0.3 is 13.9 Å². The topological polar surface area (TPSA) is 23.4 Å². The molecule has 4 heteroatoms. The highest BCUT2D eigenvalue weighted by Gasteiger charge is 2.52. The number of rotatable bonds is 4. The van der Waals surface area contributed by atoms with Crippen LogP contribution in [0.3, 0.4) is 0 Å². The van der Waals surface area contributed by atoms with Crippen LogP contribution in [0.5, 0.6) is 0 Å². The average Bonchev–Trinajstić information content (AvgIpc) is 2.95. The molecule has 2 heterocycles. The maximum atomic E-state index is 6.22. The number of unbranched alkanes of at least 4 members (excludes halogenated alkanes) is 1. The second kappa shape index (κ2) is 5.43. The number of fused-ring (bicyclic) bond motifs is 1. The lowest BCUT2D eigenvalue weighted by Gasteiger charge is -2.32. The molecule has 0 bridgehead atoms. The molecular weight excluding hydrogens is 273 g/mol. The van der Waals surface area contributed by atoms with E-state index in [1.54, 1.807) is 0 Å². The highest BCUT2D eigenvalue weighted by atomic mass is 16.7. The Morgan fingerprint density at radius 1 is 1.05 bits per heavy atom. The summed E-state index contributed by atoms with van der Waals surface area (Å²) in [4.78, 5) is 0. The average molecular weight is 299 g/mol. The van der Waals surface area contributed by atoms with E-state index in [1.165, 1.54) is 23.7 Å². The fourth-order valence-electron chi connectivity index (χ4n) is 2.95. The van der Waals surface area contributed by atoms with Gasteiger partial charge in [0, 0.05) is 18.3 Å². The van der Waals surface area contributed by atoms with Gasteiger partial charge in [-0.15, -0.1) is 0 Å². The molecule has 0 radical (unpaired) electrons. The van der Waals surface area contributed by atoms with Gasteiger partial charge >= 0.3 is 7.12 Å². The molecule has 3 rings (SSSR count). The van der Waals surface area contributed by atoms with Gasteiger partial charge in [0.1, 0.15) is 0 Å². The van der Waals surface area contributed by atoms with Crippen LogP contribution in [0.2, 0.25) is 0 Å². The summed E-state index contributed by atoms with van der Waals surface area (Å²) in [6.45, 7) is 11.7. The Hall–Kier alpha value is -1.26. The first-order valence-electron chi connectivity index (χ1n) is 8.29. The van der Waals surface area contributed by atoms with Gasteiger partial charge in [0.05, 0.1) is 11.2 Å². The maximum Gasteiger partial charge on any atom is 0.495 e. The number of hydrogen-bond acceptors (Lipinski definition) is 2. The summed E-state index contributed by atoms with van der Waals surface area (Å²) in [6, 6.07) is 8.59. The summed E-state index contributed by atoms with van der Waals surface area (Å²) >= 11 is 0. The molecular formula is C18H26BNO2. The van der Waals surface area contributed by atoms with Crippen molar-refractivity contribution in [2.45, 2.75) is 65.2 Å². The molecule has 0 aliphatic carbocycles. The molecule has 0 spiro atoms. The van der Waals surface area contributed by atoms with E-state index < -0.39 is 0 Å². The minimum atomic E-state index is -0.301. The standard InChI is InChI=1S/C18H26BNO2/c1-6-7-12-20-13-11-14-15(9-8-10-16(14)20)19-21-17(2,3)18(4,5)22-19/h8-11,13H,6-7,12H2,1-5H3. The maximum absolute atomic E-state index is 6.22. The Morgan fingerprint density at radius 2 is 1.73 bits per heavy atom. The molecule has 0 unspecified atom stereocenters. The molecule has 118 valence electrons. The molecule has 1 aliphatic rings. The van der Waals surface area contributed by atoms with Crippen LogP contribution in [0, 0.1) is 0 Å². The van der Waals surface area contributed by atoms with Gasteiger partial charge in [-0.1, -0.05) is 25.5 Å². The number of aromatic nitrogens is 1. The Balaban J connectivity index is 1.97. The van der Waals surface area contributed by atoms with E-state index in [0.29, 0.717) is 0 Å². The number of aryl methyl sites for hydroxylation is 1. The highest BCUT2D eigenvalue weighted by molar-refractivity contribution is 6.65. The SMILES string of the molecule is CCCCn1ccc2c(B3OC(C)(C)C(C)(C)O3)cccc21. The number of benzene rings is 1. The van der Waals surface area contributed by atoms with Gasteiger partial charge in [0.2, 0.25) is 0 Å². The molecule has 2 aromatic rings. The lowest BCUT2D eigenvalue weighted by atomic mass is 9.77. The lowest BCUT2D eigenvalue weighted by Crippen LogP contribution is -2.41. The van der Waals surface area contributed by atoms with E-state index in [0.717, 1.165) is 12.0 Å². The van der Waals surface area contributed by atoms with Gasteiger partial charge in [0.25, 0.3) is 0 Å². The van der Waals surface area contributed by atoms with E-state index in [4.69, 9.17) is 9.31 Å². The van der Waals surface area contributed by atoms with E-state index in [1.807, 2.05) is 0 Å². The molecule has 1 saturated heterocycles. The van der Waals surface area contributed by atoms with Crippen molar-refractivity contribution in [2.24, 2.45) is 0 Å². The highest BCUT2D eigenvalue weighted by Crippen LogP contribution is 2.37. The second-order valence-electron chi connectivity index (χ2n) is 7.23. The Labute approximate surface area is 133 Å². The third kappa shape index (κ3) is 2.48. The van der Waals surface area contributed by atoms with Crippen LogP contribution in [-0.2, 0) is 15.9 Å². The van der Waals surface area contributed by atoms with Crippen LogP contribution in [0.4, 0.5) is 0 Å². The van der Waals surface area contributed by atoms with Crippen molar-refractivity contribution in [3.8, 4) is 0 Å². The van der Waals surface area contributed by atoms with Crippen molar-refractivity contribution in [1.29, 1.82) is 0 Å². The quantitative estimate of drug-likeness (QED) is 0.803. The van der Waals surface area contributed by atoms with Crippen LogP contribution in [0.25, 0.3) is 10.9 Å². The predicted molar refractivity (Wildman–Crippen MR) is 92.6 cm³/mol. The summed E-state index contributed by atoms with van der Waals surface area (Å²) in [5.74, 6) is 0. The number of hydrogen-bond donors (Lipinski definition) is 0. The van der Waals surface area contributed by atoms with Crippen LogP contribution in [0.15, 0.2) is 30.5 Å². The zero-order chi connectivity index (χ0) is 16.0. The number of nitrogens with zero attached hydrogens (tertiary/aromatic N) is 1. The molecule has 1 fully saturated rings. The van der Waals surface area contributed by atoms with Crippen LogP contribution < -0.4 is 5.46 Å². The summed E-state index contributed by atoms with van der Waals surface area (Å²) < 4.78 is 14.8. The molecule has 0 saturated carbocycles. The smallest absolute Gasteiger partial charge is 0.399 e. The van der Waals surface area contributed by atoms with Crippen molar-refractivity contribution in [3.05, 3.63) is 30.5 Å². The summed E-state index contributed by atoms with van der Waals surface area (Å²) in [5, 5.41) is 1.23. The van der Waals surface area contributed by atoms with Gasteiger partial charge in [-0.2, -0.15) is 0 Å². The van der Waals surface area contributed by atoms with Gasteiger partial charge in [-0.05, 0) is 57.1 Å². The Kier molecular flexibility index (Phi) is 3.86. The summed E-state index contributed by atoms with van der Waals surface area (Å²) in [7, 11) is -0.296. The van der Waals surface area contributed by atoms with Gasteiger partial charge in [0.15, 0.2) is 0 Å². The van der Waals surface area contributed by atoms with E-state index >= 15 is 0 Å². The normalized spacial score (nSPS) is 20.0. The summed E-state index contributed by atoms with van der Waals surface area (Å²) in [5.41, 5.74) is 1.79. The molecule has 0 amide bonds. The van der Waals surface area contributed by atoms with E-state index in [2.05, 4.69) is 69.6 Å². The van der Waals surface area contributed by atoms with Gasteiger partial charge in [-0.3, -0.25) is 0 Å². The Bertz CT molecular complexity index is 659.